The molecule has 25 heavy (non-hydrogen) atoms. The molecule has 2 aliphatic carbocycles. The summed E-state index contributed by atoms with van der Waals surface area (Å²) in [6.45, 7) is 1.62. The molecular formula is C19H30N4O2. The average molecular weight is 346 g/mol. The van der Waals surface area contributed by atoms with Gasteiger partial charge < -0.3 is 4.90 Å². The zero-order valence-corrected chi connectivity index (χ0v) is 15.3. The van der Waals surface area contributed by atoms with Crippen LogP contribution < -0.4 is 5.69 Å². The fraction of sp³-hybridized carbons (Fsp3) is 0.842. The van der Waals surface area contributed by atoms with Crippen molar-refractivity contribution >= 4 is 5.91 Å². The molecule has 0 atom stereocenters. The van der Waals surface area contributed by atoms with Crippen LogP contribution in [0.1, 0.15) is 82.0 Å². The molecule has 4 rings (SSSR count). The molecule has 0 N–H and O–H groups in total. The summed E-state index contributed by atoms with van der Waals surface area (Å²) in [4.78, 5) is 26.8. The second-order valence-electron chi connectivity index (χ2n) is 8.21. The highest BCUT2D eigenvalue weighted by Gasteiger charge is 2.34. The summed E-state index contributed by atoms with van der Waals surface area (Å²) in [5.41, 5.74) is 0.0209. The second kappa shape index (κ2) is 6.96. The van der Waals surface area contributed by atoms with Crippen molar-refractivity contribution in [3.05, 3.63) is 16.3 Å². The van der Waals surface area contributed by atoms with E-state index in [0.29, 0.717) is 24.3 Å². The molecule has 1 aromatic heterocycles. The van der Waals surface area contributed by atoms with Crippen molar-refractivity contribution in [1.82, 2.24) is 19.2 Å². The summed E-state index contributed by atoms with van der Waals surface area (Å²) in [5.74, 6) is 2.37. The minimum absolute atomic E-state index is 0.0209. The van der Waals surface area contributed by atoms with Crippen molar-refractivity contribution < 1.29 is 4.79 Å². The van der Waals surface area contributed by atoms with E-state index < -0.39 is 0 Å². The van der Waals surface area contributed by atoms with Crippen molar-refractivity contribution in [2.75, 3.05) is 13.1 Å². The number of hydrogen-bond donors (Lipinski definition) is 0. The third-order valence-electron chi connectivity index (χ3n) is 6.35. The third-order valence-corrected chi connectivity index (χ3v) is 6.35. The first-order valence-corrected chi connectivity index (χ1v) is 10.1. The van der Waals surface area contributed by atoms with E-state index in [1.165, 1.54) is 30.4 Å². The molecule has 1 aromatic rings. The first-order chi connectivity index (χ1) is 12.1. The largest absolute Gasteiger partial charge is 0.345 e. The molecule has 6 heteroatoms. The summed E-state index contributed by atoms with van der Waals surface area (Å²) in [7, 11) is 1.74. The van der Waals surface area contributed by atoms with E-state index in [4.69, 9.17) is 0 Å². The molecule has 1 aliphatic heterocycles. The van der Waals surface area contributed by atoms with Gasteiger partial charge in [0.1, 0.15) is 5.82 Å². The summed E-state index contributed by atoms with van der Waals surface area (Å²) < 4.78 is 3.40. The van der Waals surface area contributed by atoms with E-state index in [2.05, 4.69) is 5.10 Å². The first-order valence-electron chi connectivity index (χ1n) is 10.1. The molecule has 1 amide bonds. The number of carbonyl (C=O) groups excluding carboxylic acids is 1. The maximum absolute atomic E-state index is 12.5. The Hall–Kier alpha value is -1.59. The molecule has 3 aliphatic rings. The summed E-state index contributed by atoms with van der Waals surface area (Å²) >= 11 is 0. The van der Waals surface area contributed by atoms with Gasteiger partial charge in [0.25, 0.3) is 0 Å². The topological polar surface area (TPSA) is 60.1 Å². The van der Waals surface area contributed by atoms with Crippen molar-refractivity contribution in [2.45, 2.75) is 76.2 Å². The van der Waals surface area contributed by atoms with Crippen LogP contribution in [0.5, 0.6) is 0 Å². The highest BCUT2D eigenvalue weighted by Crippen LogP contribution is 2.37. The van der Waals surface area contributed by atoms with Crippen LogP contribution in [0.4, 0.5) is 0 Å². The lowest BCUT2D eigenvalue weighted by Crippen LogP contribution is -2.38. The monoisotopic (exact) mass is 346 g/mol. The molecule has 3 fully saturated rings. The third kappa shape index (κ3) is 3.53. The van der Waals surface area contributed by atoms with E-state index in [1.54, 1.807) is 7.05 Å². The molecular weight excluding hydrogens is 316 g/mol. The van der Waals surface area contributed by atoms with Crippen molar-refractivity contribution in [3.8, 4) is 0 Å². The maximum atomic E-state index is 12.5. The zero-order valence-electron chi connectivity index (χ0n) is 15.3. The molecule has 6 nitrogen and oxygen atoms in total. The van der Waals surface area contributed by atoms with Gasteiger partial charge in [0.15, 0.2) is 0 Å². The number of aromatic nitrogens is 3. The molecule has 2 heterocycles. The predicted molar refractivity (Wildman–Crippen MR) is 95.5 cm³/mol. The maximum Gasteiger partial charge on any atom is 0.345 e. The summed E-state index contributed by atoms with van der Waals surface area (Å²) in [6.07, 6.45) is 11.1. The smallest absolute Gasteiger partial charge is 0.343 e. The Kier molecular flexibility index (Phi) is 4.69. The first kappa shape index (κ1) is 16.9. The molecule has 0 spiro atoms. The Balaban J connectivity index is 1.33. The van der Waals surface area contributed by atoms with Gasteiger partial charge in [-0.05, 0) is 38.0 Å². The van der Waals surface area contributed by atoms with Gasteiger partial charge in [-0.15, -0.1) is 0 Å². The number of aryl methyl sites for hydroxylation is 1. The Morgan fingerprint density at radius 2 is 1.76 bits per heavy atom. The van der Waals surface area contributed by atoms with Gasteiger partial charge in [-0.1, -0.05) is 25.7 Å². The Morgan fingerprint density at radius 3 is 2.40 bits per heavy atom. The number of amides is 1. The molecule has 0 aromatic carbocycles. The van der Waals surface area contributed by atoms with Crippen LogP contribution in [0.3, 0.4) is 0 Å². The number of rotatable bonds is 5. The van der Waals surface area contributed by atoms with E-state index in [1.807, 2.05) is 9.47 Å². The van der Waals surface area contributed by atoms with E-state index in [-0.39, 0.29) is 5.69 Å². The van der Waals surface area contributed by atoms with Crippen LogP contribution in [0.2, 0.25) is 0 Å². The minimum atomic E-state index is 0.0209. The fourth-order valence-electron chi connectivity index (χ4n) is 4.62. The molecule has 0 unspecified atom stereocenters. The Labute approximate surface area is 149 Å². The lowest BCUT2D eigenvalue weighted by atomic mass is 9.95. The molecule has 2 saturated carbocycles. The van der Waals surface area contributed by atoms with Gasteiger partial charge in [0.2, 0.25) is 5.91 Å². The summed E-state index contributed by atoms with van der Waals surface area (Å²) in [5, 5.41) is 4.52. The lowest BCUT2D eigenvalue weighted by molar-refractivity contribution is -0.132. The SMILES string of the molecule is Cn1nc(C2CCN(C(=O)CCC3CCCC3)CC2)n(C2CC2)c1=O. The number of carbonyl (C=O) groups is 1. The molecule has 1 saturated heterocycles. The van der Waals surface area contributed by atoms with Gasteiger partial charge in [0.05, 0.1) is 0 Å². The number of likely N-dealkylation sites (tertiary alicyclic amines) is 1. The van der Waals surface area contributed by atoms with Gasteiger partial charge in [0, 0.05) is 38.5 Å². The van der Waals surface area contributed by atoms with Gasteiger partial charge in [-0.25, -0.2) is 9.48 Å². The zero-order chi connectivity index (χ0) is 17.4. The quantitative estimate of drug-likeness (QED) is 0.823. The van der Waals surface area contributed by atoms with Crippen molar-refractivity contribution in [2.24, 2.45) is 13.0 Å². The molecule has 0 bridgehead atoms. The minimum Gasteiger partial charge on any atom is -0.343 e. The van der Waals surface area contributed by atoms with Crippen LogP contribution in [-0.2, 0) is 11.8 Å². The van der Waals surface area contributed by atoms with Gasteiger partial charge in [-0.3, -0.25) is 9.36 Å². The number of nitrogens with zero attached hydrogens (tertiary/aromatic N) is 4. The second-order valence-corrected chi connectivity index (χ2v) is 8.21. The van der Waals surface area contributed by atoms with Crippen LogP contribution in [0, 0.1) is 5.92 Å². The average Bonchev–Trinajstić information content (AvgIpc) is 3.23. The van der Waals surface area contributed by atoms with Crippen LogP contribution in [0.25, 0.3) is 0 Å². The Morgan fingerprint density at radius 1 is 1.08 bits per heavy atom. The standard InChI is InChI=1S/C19H30N4O2/c1-21-19(25)23(16-7-8-16)18(20-21)15-10-12-22(13-11-15)17(24)9-6-14-4-2-3-5-14/h14-16H,2-13H2,1H3. The normalized spacial score (nSPS) is 22.7. The van der Waals surface area contributed by atoms with Crippen LogP contribution >= 0.6 is 0 Å². The Bertz CT molecular complexity index is 674. The predicted octanol–water partition coefficient (Wildman–Crippen LogP) is 2.59. The van der Waals surface area contributed by atoms with Gasteiger partial charge in [-0.2, -0.15) is 5.10 Å². The molecule has 0 radical (unpaired) electrons. The van der Waals surface area contributed by atoms with Gasteiger partial charge >= 0.3 is 5.69 Å². The highest BCUT2D eigenvalue weighted by molar-refractivity contribution is 5.76. The summed E-state index contributed by atoms with van der Waals surface area (Å²) in [6, 6.07) is 0.363. The highest BCUT2D eigenvalue weighted by atomic mass is 16.2. The molecule has 138 valence electrons. The van der Waals surface area contributed by atoms with E-state index >= 15 is 0 Å². The van der Waals surface area contributed by atoms with Crippen LogP contribution in [-0.4, -0.2) is 38.2 Å². The van der Waals surface area contributed by atoms with E-state index in [9.17, 15) is 9.59 Å². The van der Waals surface area contributed by atoms with Crippen LogP contribution in [0.15, 0.2) is 4.79 Å². The van der Waals surface area contributed by atoms with Crippen molar-refractivity contribution in [3.63, 3.8) is 0 Å². The van der Waals surface area contributed by atoms with E-state index in [0.717, 1.165) is 56.9 Å². The van der Waals surface area contributed by atoms with Crippen molar-refractivity contribution in [1.29, 1.82) is 0 Å². The number of hydrogen-bond acceptors (Lipinski definition) is 3. The number of piperidine rings is 1. The lowest BCUT2D eigenvalue weighted by Gasteiger charge is -2.32. The fourth-order valence-corrected chi connectivity index (χ4v) is 4.62.